The molecule has 80 heavy (non-hydrogen) atoms. The first-order chi connectivity index (χ1) is 38.3. The normalized spacial score (nSPS) is 15.1. The number of carbonyl (C=O) groups is 4. The molecule has 8 aromatic rings. The van der Waals surface area contributed by atoms with E-state index < -0.39 is 5.24 Å². The van der Waals surface area contributed by atoms with Gasteiger partial charge in [0.2, 0.25) is 34.9 Å². The van der Waals surface area contributed by atoms with Crippen LogP contribution in [0, 0.1) is 11.8 Å². The third-order valence-electron chi connectivity index (χ3n) is 12.8. The summed E-state index contributed by atoms with van der Waals surface area (Å²) in [6.07, 6.45) is 16.8. The van der Waals surface area contributed by atoms with Crippen molar-refractivity contribution < 1.29 is 19.2 Å². The highest BCUT2D eigenvalue weighted by Crippen LogP contribution is 2.35. The predicted octanol–water partition coefficient (Wildman–Crippen LogP) is 12.6. The number of benzene rings is 4. The summed E-state index contributed by atoms with van der Waals surface area (Å²) >= 11 is 20.9. The number of H-pyrrole nitrogens is 2. The topological polar surface area (TPSA) is 218 Å². The van der Waals surface area contributed by atoms with Crippen molar-refractivity contribution in [3.8, 4) is 22.5 Å². The van der Waals surface area contributed by atoms with Crippen molar-refractivity contribution in [2.24, 2.45) is 11.8 Å². The number of para-hydroxylation sites is 2. The number of hydrogen-bond donors (Lipinski definition) is 7. The van der Waals surface area contributed by atoms with Crippen LogP contribution in [0.4, 0.5) is 34.6 Å². The Morgan fingerprint density at radius 3 is 1.73 bits per heavy atom. The molecule has 0 unspecified atom stereocenters. The van der Waals surface area contributed by atoms with Crippen molar-refractivity contribution in [1.29, 1.82) is 0 Å². The molecule has 10 rings (SSSR count). The van der Waals surface area contributed by atoms with E-state index in [0.717, 1.165) is 88.8 Å². The zero-order valence-electron chi connectivity index (χ0n) is 43.4. The van der Waals surface area contributed by atoms with Crippen molar-refractivity contribution in [1.82, 2.24) is 45.0 Å². The molecule has 2 aliphatic rings. The van der Waals surface area contributed by atoms with Crippen molar-refractivity contribution in [3.63, 3.8) is 0 Å². The zero-order chi connectivity index (χ0) is 55.7. The first-order valence-corrected chi connectivity index (χ1v) is 27.8. The summed E-state index contributed by atoms with van der Waals surface area (Å²) in [5, 5.41) is 19.0. The number of rotatable bonds is 15. The van der Waals surface area contributed by atoms with E-state index in [9.17, 15) is 19.2 Å². The Bertz CT molecular complexity index is 3470. The van der Waals surface area contributed by atoms with E-state index in [4.69, 9.17) is 34.8 Å². The number of anilines is 6. The number of amides is 3. The number of likely N-dealkylation sites (N-methyl/N-ethyl adjacent to an activating group) is 1. The van der Waals surface area contributed by atoms with E-state index in [2.05, 4.69) is 72.4 Å². The van der Waals surface area contributed by atoms with Gasteiger partial charge in [-0.15, -0.1) is 0 Å². The molecule has 0 aliphatic carbocycles. The van der Waals surface area contributed by atoms with Gasteiger partial charge in [-0.05, 0) is 113 Å². The molecule has 4 aromatic carbocycles. The van der Waals surface area contributed by atoms with Gasteiger partial charge in [0, 0.05) is 106 Å². The number of carbonyl (C=O) groups excluding carboxylic acids is 4. The number of hydrogen-bond acceptors (Lipinski definition) is 12. The van der Waals surface area contributed by atoms with Crippen molar-refractivity contribution in [2.45, 2.75) is 33.1 Å². The van der Waals surface area contributed by atoms with Gasteiger partial charge in [-0.1, -0.05) is 107 Å². The van der Waals surface area contributed by atoms with E-state index >= 15 is 0 Å². The van der Waals surface area contributed by atoms with Gasteiger partial charge in [0.25, 0.3) is 0 Å². The van der Waals surface area contributed by atoms with Crippen LogP contribution in [0.5, 0.6) is 0 Å². The standard InChI is InChI=1S/C30H32ClN7O2.C24H23ClN6O.C4H4BrClO.CH4/c1-37(2)14-7-13-27(39)38-15-6-8-20(19-38)29(40)34-21-9-5-10-22(16-21)35-30-33-18-25(31)28(36-30)24-17-32-26-12-4-3-11-23(24)26;25-20-14-28-24(31-22(20)19-13-27-21-9-2-1-8-18(19)21)30-17-7-3-6-16(11-17)29-23(32)15-5-4-10-26-12-15;5-3-1-2-4(6)7;/h3-5,7,9-13,16-18,20,32H,6,8,14-15,19H2,1-2H3,(H,34,40)(H,33,35,36);1-3,6-9,11,13-15,26-27H,4-5,10,12H2,(H,29,32)(H,28,30,31);1-2H,3H2;1H4/b13-7+;;2-1+;/t20-;15-;;/m11../s1. The first-order valence-electron chi connectivity index (χ1n) is 25.6. The van der Waals surface area contributed by atoms with Crippen molar-refractivity contribution >= 4 is 130 Å². The van der Waals surface area contributed by atoms with Crippen LogP contribution < -0.4 is 26.6 Å². The Hall–Kier alpha value is -7.45. The molecule has 2 fully saturated rings. The van der Waals surface area contributed by atoms with Gasteiger partial charge in [0.15, 0.2) is 0 Å². The maximum Gasteiger partial charge on any atom is 0.246 e. The van der Waals surface area contributed by atoms with E-state index in [1.807, 2.05) is 135 Å². The molecule has 21 heteroatoms. The minimum absolute atomic E-state index is 0. The Labute approximate surface area is 488 Å². The number of likely N-dealkylation sites (tertiary alicyclic amines) is 1. The van der Waals surface area contributed by atoms with Gasteiger partial charge in [-0.3, -0.25) is 19.2 Å². The summed E-state index contributed by atoms with van der Waals surface area (Å²) < 4.78 is 0. The van der Waals surface area contributed by atoms with Crippen LogP contribution >= 0.6 is 50.7 Å². The molecule has 4 aromatic heterocycles. The Balaban J connectivity index is 0.000000208. The summed E-state index contributed by atoms with van der Waals surface area (Å²) in [5.74, 6) is 0.427. The van der Waals surface area contributed by atoms with Crippen LogP contribution in [0.1, 0.15) is 33.1 Å². The molecular weight excluding hydrogens is 1140 g/mol. The quantitative estimate of drug-likeness (QED) is 0.0290. The van der Waals surface area contributed by atoms with Crippen LogP contribution in [0.15, 0.2) is 146 Å². The monoisotopic (exact) mass is 1200 g/mol. The molecule has 2 aliphatic heterocycles. The van der Waals surface area contributed by atoms with Crippen LogP contribution in [0.25, 0.3) is 44.3 Å². The minimum Gasteiger partial charge on any atom is -0.360 e. The lowest BCUT2D eigenvalue weighted by atomic mass is 9.97. The van der Waals surface area contributed by atoms with Crippen molar-refractivity contribution in [3.05, 3.63) is 156 Å². The van der Waals surface area contributed by atoms with Gasteiger partial charge in [0.1, 0.15) is 0 Å². The highest BCUT2D eigenvalue weighted by Gasteiger charge is 2.28. The highest BCUT2D eigenvalue weighted by atomic mass is 79.9. The fourth-order valence-electron chi connectivity index (χ4n) is 8.94. The number of piperidine rings is 2. The molecule has 6 heterocycles. The van der Waals surface area contributed by atoms with Crippen LogP contribution in [-0.2, 0) is 19.2 Å². The molecule has 17 nitrogen and oxygen atoms in total. The van der Waals surface area contributed by atoms with Crippen LogP contribution in [0.3, 0.4) is 0 Å². The number of nitrogens with one attached hydrogen (secondary N) is 7. The first kappa shape index (κ1) is 60.2. The van der Waals surface area contributed by atoms with Gasteiger partial charge < -0.3 is 46.4 Å². The van der Waals surface area contributed by atoms with E-state index in [-0.39, 0.29) is 37.0 Å². The number of allylic oxidation sites excluding steroid dienone is 2. The molecule has 2 atom stereocenters. The Kier molecular flexibility index (Phi) is 22.3. The summed E-state index contributed by atoms with van der Waals surface area (Å²) in [6, 6.07) is 30.9. The fourth-order valence-corrected chi connectivity index (χ4v) is 9.60. The summed E-state index contributed by atoms with van der Waals surface area (Å²) in [4.78, 5) is 76.3. The van der Waals surface area contributed by atoms with Gasteiger partial charge in [0.05, 0.1) is 45.7 Å². The molecule has 3 amide bonds. The van der Waals surface area contributed by atoms with Crippen LogP contribution in [0.2, 0.25) is 10.0 Å². The number of alkyl halides is 1. The SMILES string of the molecule is C.CN(C)C/C=C/C(=O)N1CCC[C@@H](C(=O)Nc2cccc(Nc3ncc(Cl)c(-c4c[nH]c5ccccc45)n3)c2)C1.O=C(Cl)/C=C/CBr.O=C(Nc1cccc(Nc2ncc(Cl)c(-c3c[nH]c4ccccc34)n2)c1)[C@@H]1CCCNC1. The lowest BCUT2D eigenvalue weighted by Crippen LogP contribution is -2.43. The molecule has 0 bridgehead atoms. The second-order valence-electron chi connectivity index (χ2n) is 18.9. The number of aromatic amines is 2. The van der Waals surface area contributed by atoms with Crippen LogP contribution in [-0.4, -0.2) is 115 Å². The van der Waals surface area contributed by atoms with Gasteiger partial charge in [-0.25, -0.2) is 19.9 Å². The zero-order valence-corrected chi connectivity index (χ0v) is 47.3. The van der Waals surface area contributed by atoms with E-state index in [1.165, 1.54) is 6.08 Å². The smallest absolute Gasteiger partial charge is 0.246 e. The second kappa shape index (κ2) is 29.7. The third kappa shape index (κ3) is 16.8. The summed E-state index contributed by atoms with van der Waals surface area (Å²) in [5.41, 5.74) is 7.96. The molecule has 0 spiro atoms. The molecular formula is C59H63BrCl3N13O4. The Morgan fingerprint density at radius 2 is 1.23 bits per heavy atom. The van der Waals surface area contributed by atoms with Crippen molar-refractivity contribution in [2.75, 3.05) is 73.4 Å². The summed E-state index contributed by atoms with van der Waals surface area (Å²) in [7, 11) is 3.90. The molecule has 0 radical (unpaired) electrons. The number of aromatic nitrogens is 6. The average molecular weight is 1200 g/mol. The molecule has 7 N–H and O–H groups in total. The lowest BCUT2D eigenvalue weighted by molar-refractivity contribution is -0.130. The maximum absolute atomic E-state index is 13.1. The highest BCUT2D eigenvalue weighted by molar-refractivity contribution is 9.09. The van der Waals surface area contributed by atoms with E-state index in [1.54, 1.807) is 29.4 Å². The predicted molar refractivity (Wildman–Crippen MR) is 328 cm³/mol. The second-order valence-corrected chi connectivity index (χ2v) is 20.7. The number of halogens is 4. The average Bonchev–Trinajstić information content (AvgIpc) is 4.14. The largest absolute Gasteiger partial charge is 0.360 e. The summed E-state index contributed by atoms with van der Waals surface area (Å²) in [6.45, 7) is 3.46. The van der Waals surface area contributed by atoms with Gasteiger partial charge >= 0.3 is 0 Å². The minimum atomic E-state index is -0.431. The lowest BCUT2D eigenvalue weighted by Gasteiger charge is -2.31. The number of fused-ring (bicyclic) bond motifs is 2. The molecule has 0 saturated carbocycles. The molecule has 2 saturated heterocycles. The van der Waals surface area contributed by atoms with Gasteiger partial charge in [-0.2, -0.15) is 0 Å². The third-order valence-corrected chi connectivity index (χ3v) is 13.8. The maximum atomic E-state index is 13.1. The molecule has 416 valence electrons. The fraction of sp³-hybridized carbons (Fsp3) is 0.254. The number of nitrogens with zero attached hydrogens (tertiary/aromatic N) is 6. The Morgan fingerprint density at radius 1 is 0.700 bits per heavy atom. The van der Waals surface area contributed by atoms with E-state index in [0.29, 0.717) is 64.0 Å².